The molecule has 1 aromatic heterocycles. The number of hydrogen-bond donors (Lipinski definition) is 2. The summed E-state index contributed by atoms with van der Waals surface area (Å²) in [5, 5.41) is 18.6. The second kappa shape index (κ2) is 3.15. The molecule has 6 nitrogen and oxygen atoms in total. The Kier molecular flexibility index (Phi) is 2.06. The minimum absolute atomic E-state index is 0.119. The summed E-state index contributed by atoms with van der Waals surface area (Å²) in [5.74, 6) is -1.15. The molecule has 0 bridgehead atoms. The number of carboxylic acids is 1. The highest BCUT2D eigenvalue weighted by Crippen LogP contribution is 2.25. The molecule has 2 N–H and O–H groups in total. The molecule has 2 heterocycles. The van der Waals surface area contributed by atoms with Gasteiger partial charge < -0.3 is 10.2 Å². The summed E-state index contributed by atoms with van der Waals surface area (Å²) in [6, 6.07) is -0.856. The third kappa shape index (κ3) is 1.25. The van der Waals surface area contributed by atoms with E-state index >= 15 is 0 Å². The lowest BCUT2D eigenvalue weighted by atomic mass is 10.1. The quantitative estimate of drug-likeness (QED) is 0.690. The van der Waals surface area contributed by atoms with E-state index in [1.807, 2.05) is 0 Å². The van der Waals surface area contributed by atoms with Gasteiger partial charge in [0.05, 0.1) is 5.56 Å². The molecule has 1 atom stereocenters. The molecule has 6 heteroatoms. The van der Waals surface area contributed by atoms with Crippen molar-refractivity contribution in [2.45, 2.75) is 32.4 Å². The lowest BCUT2D eigenvalue weighted by molar-refractivity contribution is -0.142. The summed E-state index contributed by atoms with van der Waals surface area (Å²) in [7, 11) is 0. The molecule has 2 rings (SSSR count). The Labute approximate surface area is 85.3 Å². The van der Waals surface area contributed by atoms with Gasteiger partial charge in [-0.1, -0.05) is 0 Å². The lowest BCUT2D eigenvalue weighted by Crippen LogP contribution is -2.36. The van der Waals surface area contributed by atoms with Gasteiger partial charge in [0.1, 0.15) is 0 Å². The summed E-state index contributed by atoms with van der Waals surface area (Å²) in [6.07, 6.45) is 1.08. The van der Waals surface area contributed by atoms with Gasteiger partial charge in [-0.15, -0.1) is 0 Å². The summed E-state index contributed by atoms with van der Waals surface area (Å²) >= 11 is 0. The van der Waals surface area contributed by atoms with Crippen LogP contribution in [0.3, 0.4) is 0 Å². The molecular weight excluding hydrogens is 200 g/mol. The zero-order valence-electron chi connectivity index (χ0n) is 8.30. The highest BCUT2D eigenvalue weighted by molar-refractivity contribution is 5.71. The van der Waals surface area contributed by atoms with Crippen LogP contribution in [0.5, 0.6) is 5.88 Å². The van der Waals surface area contributed by atoms with Gasteiger partial charge >= 0.3 is 5.97 Å². The molecule has 0 spiro atoms. The first-order chi connectivity index (χ1) is 7.04. The second-order valence-corrected chi connectivity index (χ2v) is 3.72. The Morgan fingerprint density at radius 2 is 2.20 bits per heavy atom. The number of hydrogen-bond acceptors (Lipinski definition) is 3. The maximum absolute atomic E-state index is 11.7. The minimum atomic E-state index is -1.03. The van der Waals surface area contributed by atoms with Crippen molar-refractivity contribution in [3.8, 4) is 5.88 Å². The van der Waals surface area contributed by atoms with Crippen molar-refractivity contribution in [2.75, 3.05) is 0 Å². The molecule has 0 radical (unpaired) electrons. The van der Waals surface area contributed by atoms with E-state index in [-0.39, 0.29) is 11.4 Å². The number of aliphatic carboxylic acids is 1. The average molecular weight is 212 g/mol. The Bertz CT molecular complexity index is 471. The van der Waals surface area contributed by atoms with Gasteiger partial charge in [0.25, 0.3) is 5.56 Å². The van der Waals surface area contributed by atoms with E-state index in [1.54, 1.807) is 0 Å². The molecule has 1 unspecified atom stereocenters. The van der Waals surface area contributed by atoms with E-state index in [4.69, 9.17) is 5.11 Å². The summed E-state index contributed by atoms with van der Waals surface area (Å²) in [5.41, 5.74) is -0.206. The van der Waals surface area contributed by atoms with Crippen LogP contribution in [-0.4, -0.2) is 25.5 Å². The zero-order valence-corrected chi connectivity index (χ0v) is 8.30. The van der Waals surface area contributed by atoms with Crippen molar-refractivity contribution < 1.29 is 15.0 Å². The Balaban J connectivity index is 2.66. The predicted molar refractivity (Wildman–Crippen MR) is 51.0 cm³/mol. The first-order valence-corrected chi connectivity index (χ1v) is 4.77. The van der Waals surface area contributed by atoms with E-state index in [1.165, 1.54) is 11.6 Å². The van der Waals surface area contributed by atoms with Gasteiger partial charge in [-0.05, 0) is 19.8 Å². The van der Waals surface area contributed by atoms with Crippen molar-refractivity contribution in [1.29, 1.82) is 0 Å². The molecule has 0 amide bonds. The summed E-state index contributed by atoms with van der Waals surface area (Å²) in [4.78, 5) is 22.6. The summed E-state index contributed by atoms with van der Waals surface area (Å²) in [6.45, 7) is 1.98. The molecule has 82 valence electrons. The number of carbonyl (C=O) groups is 1. The number of aromatic nitrogens is 2. The normalized spacial score (nSPS) is 19.9. The maximum Gasteiger partial charge on any atom is 0.328 e. The van der Waals surface area contributed by atoms with Gasteiger partial charge in [-0.25, -0.2) is 9.48 Å². The molecule has 1 aliphatic heterocycles. The SMILES string of the molecule is Cc1c(O)n2n(c1=O)C(C(=O)O)CCC2. The number of rotatable bonds is 1. The van der Waals surface area contributed by atoms with E-state index in [0.29, 0.717) is 19.4 Å². The van der Waals surface area contributed by atoms with E-state index in [9.17, 15) is 14.7 Å². The summed E-state index contributed by atoms with van der Waals surface area (Å²) < 4.78 is 2.48. The largest absolute Gasteiger partial charge is 0.493 e. The smallest absolute Gasteiger partial charge is 0.328 e. The molecule has 0 fully saturated rings. The number of aromatic hydroxyl groups is 1. The Morgan fingerprint density at radius 1 is 1.53 bits per heavy atom. The van der Waals surface area contributed by atoms with Crippen LogP contribution >= 0.6 is 0 Å². The number of carboxylic acid groups (broad SMARTS) is 1. The maximum atomic E-state index is 11.7. The minimum Gasteiger partial charge on any atom is -0.493 e. The highest BCUT2D eigenvalue weighted by Gasteiger charge is 2.30. The molecule has 15 heavy (non-hydrogen) atoms. The lowest BCUT2D eigenvalue weighted by Gasteiger charge is -2.23. The van der Waals surface area contributed by atoms with Crippen molar-refractivity contribution in [1.82, 2.24) is 9.36 Å². The molecule has 0 saturated heterocycles. The van der Waals surface area contributed by atoms with Crippen LogP contribution in [0.2, 0.25) is 0 Å². The van der Waals surface area contributed by atoms with Gasteiger partial charge in [-0.3, -0.25) is 9.48 Å². The van der Waals surface area contributed by atoms with Crippen molar-refractivity contribution in [2.24, 2.45) is 0 Å². The molecule has 0 aromatic carbocycles. The molecule has 1 aromatic rings. The topological polar surface area (TPSA) is 84.5 Å². The van der Waals surface area contributed by atoms with E-state index in [2.05, 4.69) is 0 Å². The van der Waals surface area contributed by atoms with Crippen molar-refractivity contribution >= 4 is 5.97 Å². The first-order valence-electron chi connectivity index (χ1n) is 4.77. The van der Waals surface area contributed by atoms with Crippen LogP contribution in [0.1, 0.15) is 24.4 Å². The van der Waals surface area contributed by atoms with Gasteiger partial charge in [0.2, 0.25) is 5.88 Å². The monoisotopic (exact) mass is 212 g/mol. The Hall–Kier alpha value is -1.72. The van der Waals surface area contributed by atoms with Crippen LogP contribution in [-0.2, 0) is 11.3 Å². The molecular formula is C9H12N2O4. The van der Waals surface area contributed by atoms with Crippen LogP contribution in [0.25, 0.3) is 0 Å². The van der Waals surface area contributed by atoms with Crippen molar-refractivity contribution in [3.63, 3.8) is 0 Å². The highest BCUT2D eigenvalue weighted by atomic mass is 16.4. The number of fused-ring (bicyclic) bond motifs is 1. The van der Waals surface area contributed by atoms with Gasteiger partial charge in [0.15, 0.2) is 6.04 Å². The Morgan fingerprint density at radius 3 is 2.80 bits per heavy atom. The fourth-order valence-electron chi connectivity index (χ4n) is 1.98. The van der Waals surface area contributed by atoms with Gasteiger partial charge in [0, 0.05) is 6.54 Å². The first kappa shape index (κ1) is 9.82. The van der Waals surface area contributed by atoms with Crippen LogP contribution in [0.15, 0.2) is 4.79 Å². The third-order valence-electron chi connectivity index (χ3n) is 2.80. The standard InChI is InChI=1S/C9H12N2O4/c1-5-7(12)10-4-2-3-6(9(14)15)11(10)8(5)13/h6,12H,2-4H2,1H3,(H,14,15). The van der Waals surface area contributed by atoms with Crippen LogP contribution < -0.4 is 5.56 Å². The van der Waals surface area contributed by atoms with E-state index in [0.717, 1.165) is 4.68 Å². The van der Waals surface area contributed by atoms with Gasteiger partial charge in [-0.2, -0.15) is 0 Å². The fourth-order valence-corrected chi connectivity index (χ4v) is 1.98. The average Bonchev–Trinajstić information content (AvgIpc) is 2.44. The number of nitrogens with zero attached hydrogens (tertiary/aromatic N) is 2. The molecule has 0 aliphatic carbocycles. The predicted octanol–water partition coefficient (Wildman–Crippen LogP) is 0.0833. The molecule has 1 aliphatic rings. The van der Waals surface area contributed by atoms with Crippen LogP contribution in [0.4, 0.5) is 0 Å². The molecule has 0 saturated carbocycles. The fraction of sp³-hybridized carbons (Fsp3) is 0.556. The van der Waals surface area contributed by atoms with Crippen LogP contribution in [0, 0.1) is 6.92 Å². The van der Waals surface area contributed by atoms with E-state index < -0.39 is 17.6 Å². The van der Waals surface area contributed by atoms with Crippen molar-refractivity contribution in [3.05, 3.63) is 15.9 Å². The third-order valence-corrected chi connectivity index (χ3v) is 2.80. The second-order valence-electron chi connectivity index (χ2n) is 3.72. The zero-order chi connectivity index (χ0) is 11.2.